The normalized spacial score (nSPS) is 24.6. The number of fused-ring (bicyclic) bond motifs is 1. The van der Waals surface area contributed by atoms with Gasteiger partial charge in [-0.05, 0) is 55.5 Å². The Morgan fingerprint density at radius 2 is 1.18 bits per heavy atom. The highest BCUT2D eigenvalue weighted by Crippen LogP contribution is 2.23. The summed E-state index contributed by atoms with van der Waals surface area (Å²) >= 11 is 0. The number of nitrogens with two attached hydrogens (primary N) is 2. The Hall–Kier alpha value is -6.70. The maximum absolute atomic E-state index is 14.7. The number of nitrogens with zero attached hydrogens (tertiary/aromatic N) is 1. The van der Waals surface area contributed by atoms with Gasteiger partial charge in [0, 0.05) is 54.9 Å². The Morgan fingerprint density at radius 1 is 0.667 bits per heavy atom. The molecule has 1 aromatic heterocycles. The van der Waals surface area contributed by atoms with Gasteiger partial charge in [0.25, 0.3) is 0 Å². The van der Waals surface area contributed by atoms with Crippen LogP contribution in [0.4, 0.5) is 4.79 Å². The standard InChI is InChI=1S/C48H63N11O11S2/c1-27(60)39-45(66)58-48(70)59(2)47(69)56-38(46(67)68)26-72-71-25-32(50)40(61)53-35(21-28-13-5-3-6-14-28)42(63)54-36(22-29-15-7-4-8-16-29)43(64)55-37(23-30-24-51-33-18-10-9-17-31(30)33)44(65)52-34(41(62)57-39)19-11-12-20-49/h3-10,13-18,24,27,32,34-39,48,51,60,70H,11-12,19-23,25-26,49-50H2,1-2H3,(H,52,65)(H,53,61)(H,54,63)(H,55,64)(H,56,69)(H,57,62)(H,58,66)(H,67,68)/t27-,32-,34+,35-,36+,37-,38-,39-,48-/m1/s1. The van der Waals surface area contributed by atoms with Gasteiger partial charge in [0.2, 0.25) is 41.8 Å². The number of aliphatic hydroxyl groups excluding tert-OH is 2. The van der Waals surface area contributed by atoms with E-state index in [1.807, 2.05) is 18.2 Å². The lowest BCUT2D eigenvalue weighted by Gasteiger charge is -2.30. The van der Waals surface area contributed by atoms with Crippen molar-refractivity contribution in [2.45, 2.75) is 100 Å². The smallest absolute Gasteiger partial charge is 0.327 e. The van der Waals surface area contributed by atoms with Crippen LogP contribution < -0.4 is 48.7 Å². The third kappa shape index (κ3) is 16.7. The number of carbonyl (C=O) groups excluding carboxylic acids is 7. The van der Waals surface area contributed by atoms with Gasteiger partial charge in [0.1, 0.15) is 36.3 Å². The first-order chi connectivity index (χ1) is 34.4. The lowest BCUT2D eigenvalue weighted by atomic mass is 10.00. The van der Waals surface area contributed by atoms with Gasteiger partial charge in [-0.15, -0.1) is 0 Å². The van der Waals surface area contributed by atoms with Crippen LogP contribution >= 0.6 is 21.6 Å². The summed E-state index contributed by atoms with van der Waals surface area (Å²) in [6.07, 6.45) is -1.50. The number of para-hydroxylation sites is 1. The summed E-state index contributed by atoms with van der Waals surface area (Å²) in [6, 6.07) is 13.8. The van der Waals surface area contributed by atoms with Crippen molar-refractivity contribution < 1.29 is 53.7 Å². The minimum Gasteiger partial charge on any atom is -0.480 e. The highest BCUT2D eigenvalue weighted by molar-refractivity contribution is 8.76. The van der Waals surface area contributed by atoms with E-state index in [0.717, 1.165) is 39.5 Å². The average Bonchev–Trinajstić information content (AvgIpc) is 3.77. The van der Waals surface area contributed by atoms with Gasteiger partial charge in [-0.2, -0.15) is 0 Å². The van der Waals surface area contributed by atoms with E-state index in [0.29, 0.717) is 34.4 Å². The number of amides is 8. The number of carboxylic acid groups (broad SMARTS) is 1. The van der Waals surface area contributed by atoms with E-state index in [2.05, 4.69) is 42.2 Å². The van der Waals surface area contributed by atoms with Gasteiger partial charge in [-0.1, -0.05) is 100 Å². The number of unbranched alkanes of at least 4 members (excludes halogenated alkanes) is 1. The third-order valence-corrected chi connectivity index (χ3v) is 14.1. The second-order valence-corrected chi connectivity index (χ2v) is 19.8. The van der Waals surface area contributed by atoms with E-state index in [1.54, 1.807) is 72.9 Å². The van der Waals surface area contributed by atoms with Crippen LogP contribution in [0.2, 0.25) is 0 Å². The third-order valence-electron chi connectivity index (χ3n) is 11.7. The van der Waals surface area contributed by atoms with Crippen LogP contribution in [0.3, 0.4) is 0 Å². The molecule has 2 heterocycles. The lowest BCUT2D eigenvalue weighted by Crippen LogP contribution is -2.62. The van der Waals surface area contributed by atoms with Crippen LogP contribution in [0.5, 0.6) is 0 Å². The topological polar surface area (TPSA) is 353 Å². The molecule has 5 rings (SSSR count). The predicted octanol–water partition coefficient (Wildman–Crippen LogP) is -0.661. The molecule has 15 N–H and O–H groups in total. The van der Waals surface area contributed by atoms with Crippen molar-refractivity contribution in [1.82, 2.24) is 47.1 Å². The maximum Gasteiger partial charge on any atom is 0.327 e. The molecular formula is C48H63N11O11S2. The number of hydrogen-bond donors (Lipinski definition) is 13. The van der Waals surface area contributed by atoms with Gasteiger partial charge >= 0.3 is 12.0 Å². The van der Waals surface area contributed by atoms with Crippen molar-refractivity contribution in [2.24, 2.45) is 11.5 Å². The number of rotatable bonds is 12. The Morgan fingerprint density at radius 3 is 1.75 bits per heavy atom. The van der Waals surface area contributed by atoms with E-state index in [4.69, 9.17) is 11.5 Å². The van der Waals surface area contributed by atoms with E-state index in [-0.39, 0.29) is 43.7 Å². The van der Waals surface area contributed by atoms with E-state index < -0.39 is 102 Å². The number of aromatic amines is 1. The lowest BCUT2D eigenvalue weighted by molar-refractivity contribution is -0.139. The molecule has 24 heteroatoms. The second-order valence-electron chi connectivity index (χ2n) is 17.2. The minimum atomic E-state index is -2.10. The first kappa shape index (κ1) is 56.2. The summed E-state index contributed by atoms with van der Waals surface area (Å²) in [5.74, 6) is -6.96. The number of nitrogens with one attached hydrogen (secondary N) is 8. The number of aliphatic hydroxyl groups is 2. The van der Waals surface area contributed by atoms with E-state index >= 15 is 0 Å². The molecule has 1 aliphatic heterocycles. The molecule has 3 aromatic carbocycles. The Balaban J connectivity index is 1.55. The average molecular weight is 1030 g/mol. The van der Waals surface area contributed by atoms with Gasteiger partial charge in [-0.3, -0.25) is 33.7 Å². The molecule has 4 aromatic rings. The first-order valence-corrected chi connectivity index (χ1v) is 25.7. The molecule has 9 atom stereocenters. The number of aliphatic carboxylic acids is 1. The van der Waals surface area contributed by atoms with Gasteiger partial charge in [0.15, 0.2) is 0 Å². The number of benzene rings is 3. The van der Waals surface area contributed by atoms with Gasteiger partial charge in [-0.25, -0.2) is 9.59 Å². The molecule has 0 saturated carbocycles. The molecule has 1 aliphatic rings. The molecule has 0 radical (unpaired) electrons. The molecular weight excluding hydrogens is 971 g/mol. The van der Waals surface area contributed by atoms with Crippen LogP contribution in [0.1, 0.15) is 42.9 Å². The summed E-state index contributed by atoms with van der Waals surface area (Å²) in [6.45, 7) is 1.42. The number of hydrogen-bond acceptors (Lipinski definition) is 14. The molecule has 388 valence electrons. The number of urea groups is 1. The van der Waals surface area contributed by atoms with Gasteiger partial charge < -0.3 is 69.0 Å². The van der Waals surface area contributed by atoms with Crippen molar-refractivity contribution >= 4 is 79.9 Å². The molecule has 0 unspecified atom stereocenters. The van der Waals surface area contributed by atoms with Crippen molar-refractivity contribution in [1.29, 1.82) is 0 Å². The molecule has 22 nitrogen and oxygen atoms in total. The van der Waals surface area contributed by atoms with Gasteiger partial charge in [0.05, 0.1) is 12.1 Å². The number of H-pyrrole nitrogens is 1. The van der Waals surface area contributed by atoms with Crippen molar-refractivity contribution in [3.05, 3.63) is 108 Å². The summed E-state index contributed by atoms with van der Waals surface area (Å²) in [7, 11) is 3.03. The Bertz CT molecular complexity index is 2490. The Kier molecular flexibility index (Phi) is 21.7. The zero-order valence-electron chi connectivity index (χ0n) is 39.7. The van der Waals surface area contributed by atoms with Crippen LogP contribution in [0.15, 0.2) is 91.1 Å². The minimum absolute atomic E-state index is 0.0192. The fourth-order valence-corrected chi connectivity index (χ4v) is 9.81. The molecule has 8 amide bonds. The van der Waals surface area contributed by atoms with E-state index in [1.165, 1.54) is 6.92 Å². The maximum atomic E-state index is 14.7. The number of carboxylic acids is 1. The predicted molar refractivity (Wildman–Crippen MR) is 271 cm³/mol. The summed E-state index contributed by atoms with van der Waals surface area (Å²) in [5.41, 5.74) is 14.7. The largest absolute Gasteiger partial charge is 0.480 e. The highest BCUT2D eigenvalue weighted by Gasteiger charge is 2.36. The van der Waals surface area contributed by atoms with Crippen LogP contribution in [0, 0.1) is 0 Å². The second kappa shape index (κ2) is 27.8. The van der Waals surface area contributed by atoms with Crippen molar-refractivity contribution in [3.63, 3.8) is 0 Å². The molecule has 1 saturated heterocycles. The monoisotopic (exact) mass is 1030 g/mol. The summed E-state index contributed by atoms with van der Waals surface area (Å²) < 4.78 is 0. The summed E-state index contributed by atoms with van der Waals surface area (Å²) in [4.78, 5) is 114. The van der Waals surface area contributed by atoms with Crippen molar-refractivity contribution in [3.8, 4) is 0 Å². The van der Waals surface area contributed by atoms with Crippen molar-refractivity contribution in [2.75, 3.05) is 25.1 Å². The number of aromatic nitrogens is 1. The van der Waals surface area contributed by atoms with Crippen LogP contribution in [-0.4, -0.2) is 152 Å². The SMILES string of the molecule is C[C@@H](O)[C@H]1NC(=O)[C@H](CCCCN)NC(=O)[C@@H](Cc2c[nH]c3ccccc23)NC(=O)[C@H](Cc2ccccc2)NC(=O)[C@@H](Cc2ccccc2)NC(=O)[C@H](N)CSSC[C@H](C(=O)O)NC(=O)N(C)[C@H](O)NC1=O. The zero-order chi connectivity index (χ0) is 52.3. The number of carbonyl (C=O) groups is 8. The zero-order valence-corrected chi connectivity index (χ0v) is 41.4. The van der Waals surface area contributed by atoms with Crippen LogP contribution in [-0.2, 0) is 52.8 Å². The fraction of sp³-hybridized carbons (Fsp3) is 0.417. The molecule has 0 spiro atoms. The Labute approximate surface area is 423 Å². The fourth-order valence-electron chi connectivity index (χ4n) is 7.53. The molecule has 72 heavy (non-hydrogen) atoms. The molecule has 0 aliphatic carbocycles. The van der Waals surface area contributed by atoms with E-state index in [9.17, 15) is 53.7 Å². The molecule has 1 fully saturated rings. The first-order valence-electron chi connectivity index (χ1n) is 23.2. The van der Waals surface area contributed by atoms with Crippen LogP contribution in [0.25, 0.3) is 10.9 Å². The summed E-state index contributed by atoms with van der Waals surface area (Å²) in [5, 5.41) is 50.0. The quantitative estimate of drug-likeness (QED) is 0.0619. The molecule has 0 bridgehead atoms. The highest BCUT2D eigenvalue weighted by atomic mass is 33.1.